The van der Waals surface area contributed by atoms with Crippen LogP contribution in [0.5, 0.6) is 5.75 Å². The fourth-order valence-corrected chi connectivity index (χ4v) is 2.17. The highest BCUT2D eigenvalue weighted by Crippen LogP contribution is 2.29. The van der Waals surface area contributed by atoms with Crippen LogP contribution < -0.4 is 16.0 Å². The molecule has 21 heavy (non-hydrogen) atoms. The molecule has 0 saturated carbocycles. The van der Waals surface area contributed by atoms with Gasteiger partial charge in [-0.2, -0.15) is 0 Å². The molecule has 0 amide bonds. The summed E-state index contributed by atoms with van der Waals surface area (Å²) in [5.41, 5.74) is 2.72. The highest BCUT2D eigenvalue weighted by molar-refractivity contribution is 5.37. The number of rotatable bonds is 5. The van der Waals surface area contributed by atoms with Gasteiger partial charge < -0.3 is 4.74 Å². The molecule has 0 aliphatic heterocycles. The van der Waals surface area contributed by atoms with Crippen LogP contribution in [0.3, 0.4) is 0 Å². The number of benzene rings is 2. The lowest BCUT2D eigenvalue weighted by atomic mass is 9.97. The van der Waals surface area contributed by atoms with E-state index in [0.29, 0.717) is 11.3 Å². The predicted molar refractivity (Wildman–Crippen MR) is 73.1 cm³/mol. The van der Waals surface area contributed by atoms with E-state index >= 15 is 0 Å². The third kappa shape index (κ3) is 3.34. The van der Waals surface area contributed by atoms with Crippen molar-refractivity contribution in [1.29, 1.82) is 0 Å². The number of nitrogens with two attached hydrogens (primary N) is 1. The minimum absolute atomic E-state index is 0.0746. The van der Waals surface area contributed by atoms with Crippen LogP contribution in [0.4, 0.5) is 13.2 Å². The first-order valence-corrected chi connectivity index (χ1v) is 6.29. The van der Waals surface area contributed by atoms with Gasteiger partial charge in [0.1, 0.15) is 23.2 Å². The van der Waals surface area contributed by atoms with Gasteiger partial charge in [-0.15, -0.1) is 0 Å². The predicted octanol–water partition coefficient (Wildman–Crippen LogP) is 2.86. The highest BCUT2D eigenvalue weighted by Gasteiger charge is 2.20. The van der Waals surface area contributed by atoms with E-state index in [9.17, 15) is 13.2 Å². The van der Waals surface area contributed by atoms with Crippen LogP contribution in [0.1, 0.15) is 17.2 Å². The molecule has 0 radical (unpaired) electrons. The fourth-order valence-electron chi connectivity index (χ4n) is 2.17. The number of methoxy groups -OCH3 is 1. The Morgan fingerprint density at radius 3 is 2.38 bits per heavy atom. The van der Waals surface area contributed by atoms with Crippen molar-refractivity contribution in [1.82, 2.24) is 5.43 Å². The topological polar surface area (TPSA) is 47.3 Å². The zero-order valence-corrected chi connectivity index (χ0v) is 11.4. The average molecular weight is 296 g/mol. The number of ether oxygens (including phenoxy) is 1. The fraction of sp³-hybridized carbons (Fsp3) is 0.200. The zero-order chi connectivity index (χ0) is 15.4. The van der Waals surface area contributed by atoms with Gasteiger partial charge in [-0.25, -0.2) is 13.2 Å². The molecule has 3 nitrogen and oxygen atoms in total. The van der Waals surface area contributed by atoms with Crippen LogP contribution in [0.15, 0.2) is 36.4 Å². The zero-order valence-electron chi connectivity index (χ0n) is 11.4. The molecule has 0 aliphatic rings. The van der Waals surface area contributed by atoms with E-state index in [1.807, 2.05) is 0 Å². The second-order valence-corrected chi connectivity index (χ2v) is 4.51. The molecule has 0 saturated heterocycles. The Balaban J connectivity index is 2.39. The minimum atomic E-state index is -0.693. The molecule has 6 heteroatoms. The van der Waals surface area contributed by atoms with Gasteiger partial charge in [-0.1, -0.05) is 6.07 Å². The summed E-state index contributed by atoms with van der Waals surface area (Å²) >= 11 is 0. The van der Waals surface area contributed by atoms with E-state index in [2.05, 4.69) is 5.43 Å². The smallest absolute Gasteiger partial charge is 0.129 e. The van der Waals surface area contributed by atoms with Crippen molar-refractivity contribution >= 4 is 0 Å². The molecule has 2 rings (SSSR count). The third-order valence-corrected chi connectivity index (χ3v) is 3.24. The summed E-state index contributed by atoms with van der Waals surface area (Å²) in [5, 5.41) is 0. The van der Waals surface area contributed by atoms with E-state index in [1.54, 1.807) is 0 Å². The first-order valence-electron chi connectivity index (χ1n) is 6.29. The second-order valence-electron chi connectivity index (χ2n) is 4.51. The molecule has 3 N–H and O–H groups in total. The van der Waals surface area contributed by atoms with Crippen LogP contribution >= 0.6 is 0 Å². The van der Waals surface area contributed by atoms with Gasteiger partial charge in [0.15, 0.2) is 0 Å². The SMILES string of the molecule is COc1ccc(F)cc1C(Cc1c(F)cccc1F)NN. The van der Waals surface area contributed by atoms with Gasteiger partial charge in [0.2, 0.25) is 0 Å². The Morgan fingerprint density at radius 2 is 1.81 bits per heavy atom. The number of hydrazine groups is 1. The summed E-state index contributed by atoms with van der Waals surface area (Å²) in [5.74, 6) is 4.00. The van der Waals surface area contributed by atoms with Gasteiger partial charge >= 0.3 is 0 Å². The Bertz CT molecular complexity index is 614. The Hall–Kier alpha value is -2.05. The summed E-state index contributed by atoms with van der Waals surface area (Å²) in [7, 11) is 1.42. The molecular weight excluding hydrogens is 281 g/mol. The van der Waals surface area contributed by atoms with Crippen LogP contribution in [0.2, 0.25) is 0 Å². The van der Waals surface area contributed by atoms with Gasteiger partial charge in [0.05, 0.1) is 13.2 Å². The van der Waals surface area contributed by atoms with Crippen molar-refractivity contribution in [3.8, 4) is 5.75 Å². The van der Waals surface area contributed by atoms with E-state index < -0.39 is 23.5 Å². The second kappa shape index (κ2) is 6.60. The number of nitrogens with one attached hydrogen (secondary N) is 1. The lowest BCUT2D eigenvalue weighted by Gasteiger charge is -2.19. The molecule has 2 aromatic rings. The quantitative estimate of drug-likeness (QED) is 0.659. The van der Waals surface area contributed by atoms with Crippen LogP contribution in [-0.2, 0) is 6.42 Å². The van der Waals surface area contributed by atoms with Crippen molar-refractivity contribution in [3.63, 3.8) is 0 Å². The summed E-state index contributed by atoms with van der Waals surface area (Å²) < 4.78 is 46.0. The van der Waals surface area contributed by atoms with E-state index in [4.69, 9.17) is 10.6 Å². The lowest BCUT2D eigenvalue weighted by molar-refractivity contribution is 0.395. The molecule has 2 aromatic carbocycles. The van der Waals surface area contributed by atoms with Gasteiger partial charge in [-0.3, -0.25) is 11.3 Å². The largest absolute Gasteiger partial charge is 0.496 e. The van der Waals surface area contributed by atoms with E-state index in [1.165, 1.54) is 31.4 Å². The van der Waals surface area contributed by atoms with Crippen LogP contribution in [0.25, 0.3) is 0 Å². The van der Waals surface area contributed by atoms with Gasteiger partial charge in [-0.05, 0) is 36.8 Å². The summed E-state index contributed by atoms with van der Waals surface area (Å²) in [4.78, 5) is 0. The molecule has 0 aliphatic carbocycles. The maximum Gasteiger partial charge on any atom is 0.129 e. The summed E-state index contributed by atoms with van der Waals surface area (Å²) in [6.07, 6.45) is -0.0746. The van der Waals surface area contributed by atoms with Gasteiger partial charge in [0, 0.05) is 11.1 Å². The standard InChI is InChI=1S/C15H15F3N2O/c1-21-15-6-5-9(16)7-11(15)14(20-19)8-10-12(17)3-2-4-13(10)18/h2-7,14,20H,8,19H2,1H3. The van der Waals surface area contributed by atoms with Crippen molar-refractivity contribution in [2.24, 2.45) is 5.84 Å². The maximum atomic E-state index is 13.7. The Morgan fingerprint density at radius 1 is 1.14 bits per heavy atom. The van der Waals surface area contributed by atoms with Crippen LogP contribution in [-0.4, -0.2) is 7.11 Å². The molecule has 1 unspecified atom stereocenters. The molecule has 0 aromatic heterocycles. The van der Waals surface area contributed by atoms with Crippen molar-refractivity contribution < 1.29 is 17.9 Å². The number of hydrogen-bond acceptors (Lipinski definition) is 3. The van der Waals surface area contributed by atoms with Gasteiger partial charge in [0.25, 0.3) is 0 Å². The Labute approximate surface area is 120 Å². The summed E-state index contributed by atoms with van der Waals surface area (Å²) in [6, 6.07) is 6.81. The average Bonchev–Trinajstić information content (AvgIpc) is 2.47. The molecule has 1 atom stereocenters. The molecule has 112 valence electrons. The number of halogens is 3. The first kappa shape index (κ1) is 15.3. The van der Waals surface area contributed by atoms with E-state index in [0.717, 1.165) is 12.1 Å². The normalized spacial score (nSPS) is 12.2. The van der Waals surface area contributed by atoms with Crippen LogP contribution in [0, 0.1) is 17.5 Å². The lowest BCUT2D eigenvalue weighted by Crippen LogP contribution is -2.30. The molecular formula is C15H15F3N2O. The minimum Gasteiger partial charge on any atom is -0.496 e. The van der Waals surface area contributed by atoms with Crippen molar-refractivity contribution in [3.05, 3.63) is 65.0 Å². The molecule has 0 bridgehead atoms. The first-order chi connectivity index (χ1) is 10.1. The van der Waals surface area contributed by atoms with E-state index in [-0.39, 0.29) is 12.0 Å². The summed E-state index contributed by atoms with van der Waals surface area (Å²) in [6.45, 7) is 0. The Kier molecular flexibility index (Phi) is 4.82. The maximum absolute atomic E-state index is 13.7. The van der Waals surface area contributed by atoms with Crippen molar-refractivity contribution in [2.45, 2.75) is 12.5 Å². The monoisotopic (exact) mass is 296 g/mol. The van der Waals surface area contributed by atoms with Crippen molar-refractivity contribution in [2.75, 3.05) is 7.11 Å². The third-order valence-electron chi connectivity index (χ3n) is 3.24. The molecule has 0 spiro atoms. The molecule has 0 fully saturated rings. The molecule has 0 heterocycles. The highest BCUT2D eigenvalue weighted by atomic mass is 19.1. The number of hydrogen-bond donors (Lipinski definition) is 2.